The Labute approximate surface area is 124 Å². The van der Waals surface area contributed by atoms with Crippen molar-refractivity contribution in [2.45, 2.75) is 45.5 Å². The highest BCUT2D eigenvalue weighted by atomic mass is 32.1. The average Bonchev–Trinajstić information content (AvgIpc) is 2.92. The molecule has 20 heavy (non-hydrogen) atoms. The molecule has 2 nitrogen and oxygen atoms in total. The summed E-state index contributed by atoms with van der Waals surface area (Å²) < 4.78 is 7.15. The van der Waals surface area contributed by atoms with E-state index < -0.39 is 0 Å². The summed E-state index contributed by atoms with van der Waals surface area (Å²) in [5.74, 6) is 0.633. The first-order valence-electron chi connectivity index (χ1n) is 7.36. The Morgan fingerprint density at radius 1 is 1.20 bits per heavy atom. The lowest BCUT2D eigenvalue weighted by Gasteiger charge is -2.24. The van der Waals surface area contributed by atoms with E-state index in [1.165, 1.54) is 15.6 Å². The van der Waals surface area contributed by atoms with Gasteiger partial charge in [-0.3, -0.25) is 0 Å². The van der Waals surface area contributed by atoms with Gasteiger partial charge in [-0.25, -0.2) is 0 Å². The van der Waals surface area contributed by atoms with Crippen LogP contribution in [0.2, 0.25) is 0 Å². The number of benzene rings is 1. The van der Waals surface area contributed by atoms with Gasteiger partial charge in [0.05, 0.1) is 18.3 Å². The highest BCUT2D eigenvalue weighted by Crippen LogP contribution is 2.36. The smallest absolute Gasteiger partial charge is 0.0637 e. The number of fused-ring (bicyclic) bond motifs is 1. The number of hydrogen-bond acceptors (Lipinski definition) is 3. The molecule has 1 fully saturated rings. The zero-order chi connectivity index (χ0) is 14.3. The lowest BCUT2D eigenvalue weighted by Crippen LogP contribution is -2.32. The lowest BCUT2D eigenvalue weighted by atomic mass is 9.82. The molecule has 0 spiro atoms. The van der Waals surface area contributed by atoms with Crippen LogP contribution in [0.25, 0.3) is 10.1 Å². The Balaban J connectivity index is 1.80. The van der Waals surface area contributed by atoms with E-state index in [-0.39, 0.29) is 24.2 Å². The molecule has 1 aromatic carbocycles. The van der Waals surface area contributed by atoms with Crippen molar-refractivity contribution < 1.29 is 9.84 Å². The van der Waals surface area contributed by atoms with Gasteiger partial charge in [0.15, 0.2) is 0 Å². The standard InChI is InChI=1S/C17H22O2S/c1-10-11(2)19-12(3)17(10)15(18)8-13-9-20-16-7-5-4-6-14(13)16/h4-7,9-12,15,17-18H,8H2,1-3H3. The molecule has 5 atom stereocenters. The molecule has 5 unspecified atom stereocenters. The molecule has 1 aliphatic heterocycles. The van der Waals surface area contributed by atoms with Crippen molar-refractivity contribution in [1.29, 1.82) is 0 Å². The van der Waals surface area contributed by atoms with Crippen LogP contribution >= 0.6 is 11.3 Å². The maximum atomic E-state index is 10.7. The third kappa shape index (κ3) is 2.39. The number of aliphatic hydroxyl groups is 1. The average molecular weight is 290 g/mol. The summed E-state index contributed by atoms with van der Waals surface area (Å²) in [5.41, 5.74) is 1.26. The molecule has 0 radical (unpaired) electrons. The van der Waals surface area contributed by atoms with E-state index in [1.807, 2.05) is 0 Å². The Hall–Kier alpha value is -0.900. The van der Waals surface area contributed by atoms with Crippen molar-refractivity contribution in [3.8, 4) is 0 Å². The van der Waals surface area contributed by atoms with Gasteiger partial charge in [-0.1, -0.05) is 25.1 Å². The van der Waals surface area contributed by atoms with Crippen LogP contribution in [0.5, 0.6) is 0 Å². The van der Waals surface area contributed by atoms with Crippen LogP contribution in [-0.4, -0.2) is 23.4 Å². The van der Waals surface area contributed by atoms with Gasteiger partial charge in [0.25, 0.3) is 0 Å². The highest BCUT2D eigenvalue weighted by molar-refractivity contribution is 7.17. The number of hydrogen-bond donors (Lipinski definition) is 1. The fraction of sp³-hybridized carbons (Fsp3) is 0.529. The summed E-state index contributed by atoms with van der Waals surface area (Å²) in [4.78, 5) is 0. The quantitative estimate of drug-likeness (QED) is 0.930. The molecule has 0 saturated carbocycles. The van der Waals surface area contributed by atoms with Crippen LogP contribution in [0.4, 0.5) is 0 Å². The van der Waals surface area contributed by atoms with E-state index >= 15 is 0 Å². The monoisotopic (exact) mass is 290 g/mol. The second-order valence-electron chi connectivity index (χ2n) is 6.01. The molecule has 3 rings (SSSR count). The van der Waals surface area contributed by atoms with Crippen molar-refractivity contribution in [1.82, 2.24) is 0 Å². The molecule has 108 valence electrons. The Kier molecular flexibility index (Phi) is 3.85. The first-order valence-corrected chi connectivity index (χ1v) is 8.24. The Morgan fingerprint density at radius 3 is 2.65 bits per heavy atom. The minimum Gasteiger partial charge on any atom is -0.392 e. The van der Waals surface area contributed by atoms with Gasteiger partial charge in [-0.05, 0) is 42.2 Å². The predicted octanol–water partition coefficient (Wildman–Crippen LogP) is 3.86. The molecule has 0 amide bonds. The largest absolute Gasteiger partial charge is 0.392 e. The third-order valence-corrected chi connectivity index (χ3v) is 5.77. The zero-order valence-electron chi connectivity index (χ0n) is 12.2. The lowest BCUT2D eigenvalue weighted by molar-refractivity contribution is 0.0241. The molecular weight excluding hydrogens is 268 g/mol. The van der Waals surface area contributed by atoms with Gasteiger partial charge in [0.1, 0.15) is 0 Å². The molecular formula is C17H22O2S. The van der Waals surface area contributed by atoms with Crippen LogP contribution in [-0.2, 0) is 11.2 Å². The fourth-order valence-corrected chi connectivity index (χ4v) is 4.48. The highest BCUT2D eigenvalue weighted by Gasteiger charge is 2.41. The number of rotatable bonds is 3. The Morgan fingerprint density at radius 2 is 1.95 bits per heavy atom. The summed E-state index contributed by atoms with van der Waals surface area (Å²) >= 11 is 1.76. The molecule has 1 aromatic heterocycles. The van der Waals surface area contributed by atoms with Crippen LogP contribution in [0.3, 0.4) is 0 Å². The van der Waals surface area contributed by atoms with E-state index in [0.29, 0.717) is 5.92 Å². The predicted molar refractivity (Wildman–Crippen MR) is 84.2 cm³/mol. The molecule has 2 aromatic rings. The van der Waals surface area contributed by atoms with Crippen molar-refractivity contribution >= 4 is 21.4 Å². The van der Waals surface area contributed by atoms with Crippen molar-refractivity contribution in [2.75, 3.05) is 0 Å². The van der Waals surface area contributed by atoms with Crippen LogP contribution in [0, 0.1) is 11.8 Å². The molecule has 0 bridgehead atoms. The number of thiophene rings is 1. The molecule has 1 aliphatic rings. The van der Waals surface area contributed by atoms with Crippen molar-refractivity contribution in [3.05, 3.63) is 35.2 Å². The molecule has 3 heteroatoms. The van der Waals surface area contributed by atoms with E-state index in [2.05, 4.69) is 50.4 Å². The summed E-state index contributed by atoms with van der Waals surface area (Å²) in [6.45, 7) is 6.38. The van der Waals surface area contributed by atoms with Gasteiger partial charge in [-0.2, -0.15) is 0 Å². The van der Waals surface area contributed by atoms with Crippen LogP contribution in [0.1, 0.15) is 26.3 Å². The van der Waals surface area contributed by atoms with E-state index in [9.17, 15) is 5.11 Å². The first-order chi connectivity index (χ1) is 9.58. The van der Waals surface area contributed by atoms with Crippen molar-refractivity contribution in [2.24, 2.45) is 11.8 Å². The van der Waals surface area contributed by atoms with E-state index in [4.69, 9.17) is 4.74 Å². The molecule has 2 heterocycles. The van der Waals surface area contributed by atoms with E-state index in [0.717, 1.165) is 6.42 Å². The molecule has 1 N–H and O–H groups in total. The first kappa shape index (κ1) is 14.1. The number of ether oxygens (including phenoxy) is 1. The number of aliphatic hydroxyl groups excluding tert-OH is 1. The summed E-state index contributed by atoms with van der Waals surface area (Å²) in [6, 6.07) is 8.42. The van der Waals surface area contributed by atoms with Gasteiger partial charge in [0, 0.05) is 17.0 Å². The van der Waals surface area contributed by atoms with Gasteiger partial charge < -0.3 is 9.84 Å². The minimum absolute atomic E-state index is 0.139. The zero-order valence-corrected chi connectivity index (χ0v) is 13.1. The maximum Gasteiger partial charge on any atom is 0.0637 e. The van der Waals surface area contributed by atoms with Gasteiger partial charge in [0.2, 0.25) is 0 Å². The van der Waals surface area contributed by atoms with Crippen LogP contribution in [0.15, 0.2) is 29.6 Å². The minimum atomic E-state index is -0.331. The Bertz CT molecular complexity index is 591. The third-order valence-electron chi connectivity index (χ3n) is 4.75. The van der Waals surface area contributed by atoms with Crippen molar-refractivity contribution in [3.63, 3.8) is 0 Å². The molecule has 0 aliphatic carbocycles. The summed E-state index contributed by atoms with van der Waals surface area (Å²) in [7, 11) is 0. The summed E-state index contributed by atoms with van der Waals surface area (Å²) in [5, 5.41) is 14.1. The topological polar surface area (TPSA) is 29.5 Å². The van der Waals surface area contributed by atoms with Gasteiger partial charge >= 0.3 is 0 Å². The normalized spacial score (nSPS) is 31.8. The SMILES string of the molecule is CC1OC(C)C(C(O)Cc2csc3ccccc23)C1C. The van der Waals surface area contributed by atoms with E-state index in [1.54, 1.807) is 11.3 Å². The second kappa shape index (κ2) is 5.47. The fourth-order valence-electron chi connectivity index (χ4n) is 3.51. The van der Waals surface area contributed by atoms with Gasteiger partial charge in [-0.15, -0.1) is 11.3 Å². The second-order valence-corrected chi connectivity index (χ2v) is 6.92. The summed E-state index contributed by atoms with van der Waals surface area (Å²) in [6.07, 6.45) is 0.770. The van der Waals surface area contributed by atoms with Crippen LogP contribution < -0.4 is 0 Å². The maximum absolute atomic E-state index is 10.7. The molecule has 1 saturated heterocycles.